The van der Waals surface area contributed by atoms with Crippen molar-refractivity contribution in [2.24, 2.45) is 13.0 Å². The summed E-state index contributed by atoms with van der Waals surface area (Å²) in [4.78, 5) is 7.06. The summed E-state index contributed by atoms with van der Waals surface area (Å²) in [6.45, 7) is 2.03. The summed E-state index contributed by atoms with van der Waals surface area (Å²) in [5, 5.41) is 10.0. The van der Waals surface area contributed by atoms with Gasteiger partial charge in [-0.25, -0.2) is 4.98 Å². The van der Waals surface area contributed by atoms with Gasteiger partial charge < -0.3 is 20.1 Å². The molecular formula is C28H35N5. The molecule has 1 aliphatic carbocycles. The zero-order chi connectivity index (χ0) is 22.8. The van der Waals surface area contributed by atoms with Gasteiger partial charge in [-0.05, 0) is 55.8 Å². The smallest absolute Gasteiger partial charge is 0.128 e. The molecule has 33 heavy (non-hydrogen) atoms. The molecule has 5 rings (SSSR count). The zero-order valence-electron chi connectivity index (χ0n) is 20.0. The van der Waals surface area contributed by atoms with Crippen molar-refractivity contribution in [3.05, 3.63) is 66.4 Å². The van der Waals surface area contributed by atoms with Crippen molar-refractivity contribution >= 4 is 33.3 Å². The molecular weight excluding hydrogens is 406 g/mol. The molecule has 0 unspecified atom stereocenters. The van der Waals surface area contributed by atoms with Gasteiger partial charge >= 0.3 is 0 Å². The number of hydrogen-bond donors (Lipinski definition) is 2. The zero-order valence-corrected chi connectivity index (χ0v) is 20.0. The first kappa shape index (κ1) is 21.8. The molecule has 0 spiro atoms. The number of fused-ring (bicyclic) bond motifs is 2. The molecule has 4 aromatic rings. The maximum Gasteiger partial charge on any atom is 0.128 e. The number of para-hydroxylation sites is 2. The van der Waals surface area contributed by atoms with Gasteiger partial charge in [-0.2, -0.15) is 0 Å². The highest BCUT2D eigenvalue weighted by atomic mass is 15.1. The van der Waals surface area contributed by atoms with Crippen molar-refractivity contribution in [3.63, 3.8) is 0 Å². The normalized spacial score (nSPS) is 18.6. The van der Waals surface area contributed by atoms with Crippen molar-refractivity contribution in [2.45, 2.75) is 38.3 Å². The average Bonchev–Trinajstić information content (AvgIpc) is 3.15. The topological polar surface area (TPSA) is 45.1 Å². The summed E-state index contributed by atoms with van der Waals surface area (Å²) in [7, 11) is 6.33. The van der Waals surface area contributed by atoms with E-state index in [-0.39, 0.29) is 0 Å². The van der Waals surface area contributed by atoms with Gasteiger partial charge in [-0.1, -0.05) is 36.4 Å². The van der Waals surface area contributed by atoms with Crippen LogP contribution >= 0.6 is 0 Å². The van der Waals surface area contributed by atoms with Crippen LogP contribution in [0.1, 0.15) is 31.2 Å². The number of anilines is 2. The number of hydrogen-bond acceptors (Lipinski definition) is 4. The summed E-state index contributed by atoms with van der Waals surface area (Å²) in [6.07, 6.45) is 7.18. The Balaban J connectivity index is 1.15. The van der Waals surface area contributed by atoms with Crippen LogP contribution in [-0.2, 0) is 13.6 Å². The fourth-order valence-corrected chi connectivity index (χ4v) is 5.30. The van der Waals surface area contributed by atoms with Crippen molar-refractivity contribution < 1.29 is 0 Å². The van der Waals surface area contributed by atoms with Gasteiger partial charge in [0.05, 0.1) is 5.52 Å². The molecule has 1 fully saturated rings. The summed E-state index contributed by atoms with van der Waals surface area (Å²) in [5.74, 6) is 1.75. The molecule has 5 heteroatoms. The van der Waals surface area contributed by atoms with Crippen LogP contribution in [0.2, 0.25) is 0 Å². The van der Waals surface area contributed by atoms with Crippen molar-refractivity contribution in [2.75, 3.05) is 30.9 Å². The predicted molar refractivity (Wildman–Crippen MR) is 140 cm³/mol. The Morgan fingerprint density at radius 2 is 1.70 bits per heavy atom. The highest BCUT2D eigenvalue weighted by molar-refractivity contribution is 5.93. The molecule has 5 nitrogen and oxygen atoms in total. The van der Waals surface area contributed by atoms with Gasteiger partial charge in [0.15, 0.2) is 0 Å². The molecule has 0 saturated heterocycles. The summed E-state index contributed by atoms with van der Waals surface area (Å²) >= 11 is 0. The lowest BCUT2D eigenvalue weighted by Crippen LogP contribution is -2.31. The first-order chi connectivity index (χ1) is 16.1. The van der Waals surface area contributed by atoms with Gasteiger partial charge in [0.25, 0.3) is 0 Å². The van der Waals surface area contributed by atoms with Crippen LogP contribution in [0.25, 0.3) is 21.8 Å². The monoisotopic (exact) mass is 441 g/mol. The minimum Gasteiger partial charge on any atom is -0.377 e. The minimum atomic E-state index is 0.503. The van der Waals surface area contributed by atoms with Gasteiger partial charge in [0.1, 0.15) is 5.82 Å². The van der Waals surface area contributed by atoms with Crippen molar-refractivity contribution in [3.8, 4) is 0 Å². The Kier molecular flexibility index (Phi) is 6.23. The van der Waals surface area contributed by atoms with Gasteiger partial charge in [-0.15, -0.1) is 0 Å². The average molecular weight is 442 g/mol. The van der Waals surface area contributed by atoms with Crippen LogP contribution in [0.4, 0.5) is 11.5 Å². The van der Waals surface area contributed by atoms with Crippen LogP contribution in [0, 0.1) is 5.92 Å². The lowest BCUT2D eigenvalue weighted by molar-refractivity contribution is 0.324. The van der Waals surface area contributed by atoms with E-state index in [1.165, 1.54) is 53.2 Å². The molecule has 2 heterocycles. The Hall–Kier alpha value is -3.05. The molecule has 1 aliphatic rings. The highest BCUT2D eigenvalue weighted by Gasteiger charge is 2.22. The SMILES string of the molecule is CN(C)c1cc(N[C@H]2CC[C@@H](CNCc3cn(C)c4ccccc34)CC2)nc2ccccc12. The molecule has 2 aromatic carbocycles. The summed E-state index contributed by atoms with van der Waals surface area (Å²) in [6, 6.07) is 19.8. The third-order valence-electron chi connectivity index (χ3n) is 7.10. The number of aryl methyl sites for hydroxylation is 1. The molecule has 172 valence electrons. The van der Waals surface area contributed by atoms with Crippen LogP contribution in [0.3, 0.4) is 0 Å². The lowest BCUT2D eigenvalue weighted by Gasteiger charge is -2.30. The molecule has 0 bridgehead atoms. The third-order valence-corrected chi connectivity index (χ3v) is 7.10. The van der Waals surface area contributed by atoms with Crippen LogP contribution in [-0.4, -0.2) is 36.2 Å². The Morgan fingerprint density at radius 3 is 2.48 bits per heavy atom. The Bertz CT molecular complexity index is 1230. The second-order valence-corrected chi connectivity index (χ2v) is 9.71. The first-order valence-electron chi connectivity index (χ1n) is 12.2. The predicted octanol–water partition coefficient (Wildman–Crippen LogP) is 5.55. The van der Waals surface area contributed by atoms with Crippen LogP contribution in [0.15, 0.2) is 60.8 Å². The standard InChI is InChI=1S/C28H35N5/c1-32(2)27-16-28(31-25-10-6-4-9-24(25)27)30-22-14-12-20(13-15-22)17-29-18-21-19-33(3)26-11-7-5-8-23(21)26/h4-11,16,19-20,22,29H,12-15,17-18H2,1-3H3,(H,30,31)/t20-,22+. The van der Waals surface area contributed by atoms with Gasteiger partial charge in [-0.3, -0.25) is 0 Å². The second-order valence-electron chi connectivity index (χ2n) is 9.71. The van der Waals surface area contributed by atoms with Crippen molar-refractivity contribution in [1.82, 2.24) is 14.9 Å². The van der Waals surface area contributed by atoms with Crippen LogP contribution in [0.5, 0.6) is 0 Å². The number of nitrogens with zero attached hydrogens (tertiary/aromatic N) is 3. The Morgan fingerprint density at radius 1 is 0.970 bits per heavy atom. The van der Waals surface area contributed by atoms with Crippen molar-refractivity contribution in [1.29, 1.82) is 0 Å². The van der Waals surface area contributed by atoms with E-state index in [4.69, 9.17) is 4.98 Å². The quantitative estimate of drug-likeness (QED) is 0.394. The third kappa shape index (κ3) is 4.69. The molecule has 0 radical (unpaired) electrons. The fraction of sp³-hybridized carbons (Fsp3) is 0.393. The summed E-state index contributed by atoms with van der Waals surface area (Å²) < 4.78 is 2.23. The fourth-order valence-electron chi connectivity index (χ4n) is 5.30. The molecule has 2 aromatic heterocycles. The molecule has 0 aliphatic heterocycles. The molecule has 0 amide bonds. The van der Waals surface area contributed by atoms with E-state index in [0.717, 1.165) is 30.3 Å². The van der Waals surface area contributed by atoms with Crippen LogP contribution < -0.4 is 15.5 Å². The number of benzene rings is 2. The van der Waals surface area contributed by atoms with E-state index in [1.54, 1.807) is 0 Å². The van der Waals surface area contributed by atoms with Gasteiger partial charge in [0.2, 0.25) is 0 Å². The van der Waals surface area contributed by atoms with E-state index in [9.17, 15) is 0 Å². The highest BCUT2D eigenvalue weighted by Crippen LogP contribution is 2.30. The van der Waals surface area contributed by atoms with E-state index in [2.05, 4.69) is 102 Å². The summed E-state index contributed by atoms with van der Waals surface area (Å²) in [5.41, 5.74) is 4.97. The number of nitrogens with one attached hydrogen (secondary N) is 2. The maximum absolute atomic E-state index is 4.89. The largest absolute Gasteiger partial charge is 0.377 e. The number of pyridine rings is 1. The Labute approximate surface area is 196 Å². The molecule has 2 N–H and O–H groups in total. The lowest BCUT2D eigenvalue weighted by atomic mass is 9.86. The number of aromatic nitrogens is 2. The molecule has 1 saturated carbocycles. The second kappa shape index (κ2) is 9.44. The van der Waals surface area contributed by atoms with E-state index in [0.29, 0.717) is 6.04 Å². The van der Waals surface area contributed by atoms with E-state index < -0.39 is 0 Å². The maximum atomic E-state index is 4.89. The van der Waals surface area contributed by atoms with Gasteiger partial charge in [0, 0.05) is 68.0 Å². The van der Waals surface area contributed by atoms with E-state index in [1.807, 2.05) is 0 Å². The first-order valence-corrected chi connectivity index (χ1v) is 12.2. The van der Waals surface area contributed by atoms with E-state index >= 15 is 0 Å². The number of rotatable bonds is 7. The molecule has 0 atom stereocenters. The minimum absolute atomic E-state index is 0.503.